The molecule has 122 valence electrons. The van der Waals surface area contributed by atoms with Gasteiger partial charge in [-0.05, 0) is 52.5 Å². The molecular weight excluding hydrogens is 272 g/mol. The molecule has 22 heavy (non-hydrogen) atoms. The maximum atomic E-state index is 10.5. The van der Waals surface area contributed by atoms with Gasteiger partial charge in [0.15, 0.2) is 0 Å². The van der Waals surface area contributed by atoms with Gasteiger partial charge in [-0.15, -0.1) is 0 Å². The summed E-state index contributed by atoms with van der Waals surface area (Å²) in [5.74, 6) is 0.721. The smallest absolute Gasteiger partial charge is 0.116 e. The zero-order chi connectivity index (χ0) is 16.9. The van der Waals surface area contributed by atoms with Crippen molar-refractivity contribution in [2.75, 3.05) is 6.54 Å². The fourth-order valence-electron chi connectivity index (χ4n) is 3.37. The number of allylic oxidation sites excluding steroid dienone is 4. The van der Waals surface area contributed by atoms with Crippen LogP contribution in [0.1, 0.15) is 40.5 Å². The van der Waals surface area contributed by atoms with E-state index < -0.39 is 0 Å². The van der Waals surface area contributed by atoms with Crippen LogP contribution in [0.5, 0.6) is 0 Å². The van der Waals surface area contributed by atoms with Crippen LogP contribution in [0.2, 0.25) is 0 Å². The molecule has 0 saturated carbocycles. The molecule has 0 heterocycles. The molecule has 1 aliphatic carbocycles. The van der Waals surface area contributed by atoms with E-state index >= 15 is 0 Å². The second-order valence-corrected chi connectivity index (χ2v) is 6.15. The summed E-state index contributed by atoms with van der Waals surface area (Å²) in [6, 6.07) is -0.0329. The Morgan fingerprint density at radius 2 is 2.23 bits per heavy atom. The minimum absolute atomic E-state index is 0.0329. The predicted molar refractivity (Wildman–Crippen MR) is 96.0 cm³/mol. The van der Waals surface area contributed by atoms with Crippen molar-refractivity contribution >= 4 is 6.72 Å². The van der Waals surface area contributed by atoms with Crippen molar-refractivity contribution in [1.82, 2.24) is 5.01 Å². The van der Waals surface area contributed by atoms with E-state index in [1.54, 1.807) is 0 Å². The first kappa shape index (κ1) is 18.3. The molecule has 0 amide bonds. The van der Waals surface area contributed by atoms with Crippen LogP contribution in [0, 0.1) is 11.8 Å². The molecule has 0 aromatic rings. The van der Waals surface area contributed by atoms with Gasteiger partial charge in [0, 0.05) is 24.8 Å². The van der Waals surface area contributed by atoms with E-state index in [0.29, 0.717) is 5.92 Å². The van der Waals surface area contributed by atoms with E-state index in [2.05, 4.69) is 51.8 Å². The minimum atomic E-state index is -0.0329. The summed E-state index contributed by atoms with van der Waals surface area (Å²) in [4.78, 5) is 0. The van der Waals surface area contributed by atoms with E-state index in [9.17, 15) is 5.11 Å². The summed E-state index contributed by atoms with van der Waals surface area (Å²) in [5.41, 5.74) is 3.47. The standard InChI is InChI=1S/C19H30N2O/c1-8-18(22)19(15(6)21(9-2)20-7)17-12-14(5)10-11-16(17)13(3)4/h8,12,15-17,22H,1,3,7,9-11H2,2,4-6H3/b19-18-/t15?,16-,17+/m0/s1. The SMILES string of the molecule is C=C/C(O)=C(\C(C)N(CC)N=C)[C@@H]1C=C(C)CC[C@H]1C(=C)C. The van der Waals surface area contributed by atoms with Crippen LogP contribution >= 0.6 is 0 Å². The molecule has 3 nitrogen and oxygen atoms in total. The number of hydrogen-bond donors (Lipinski definition) is 1. The monoisotopic (exact) mass is 302 g/mol. The van der Waals surface area contributed by atoms with Crippen molar-refractivity contribution < 1.29 is 5.11 Å². The van der Waals surface area contributed by atoms with Gasteiger partial charge in [-0.2, -0.15) is 5.10 Å². The van der Waals surface area contributed by atoms with E-state index in [1.807, 2.05) is 11.9 Å². The van der Waals surface area contributed by atoms with Gasteiger partial charge in [-0.25, -0.2) is 0 Å². The van der Waals surface area contributed by atoms with Crippen molar-refractivity contribution in [1.29, 1.82) is 0 Å². The van der Waals surface area contributed by atoms with Gasteiger partial charge in [0.2, 0.25) is 0 Å². The molecule has 0 saturated heterocycles. The highest BCUT2D eigenvalue weighted by atomic mass is 16.3. The maximum absolute atomic E-state index is 10.5. The molecule has 0 aromatic heterocycles. The number of aliphatic hydroxyl groups is 1. The van der Waals surface area contributed by atoms with Crippen LogP contribution in [0.4, 0.5) is 0 Å². The van der Waals surface area contributed by atoms with E-state index in [0.717, 1.165) is 30.5 Å². The molecule has 0 aliphatic heterocycles. The Hall–Kier alpha value is -1.77. The van der Waals surface area contributed by atoms with Gasteiger partial charge in [-0.3, -0.25) is 5.01 Å². The summed E-state index contributed by atoms with van der Waals surface area (Å²) < 4.78 is 0. The van der Waals surface area contributed by atoms with Gasteiger partial charge in [-0.1, -0.05) is 30.4 Å². The molecule has 0 radical (unpaired) electrons. The van der Waals surface area contributed by atoms with Crippen LogP contribution in [0.15, 0.2) is 52.9 Å². The van der Waals surface area contributed by atoms with E-state index in [-0.39, 0.29) is 17.7 Å². The number of nitrogens with zero attached hydrogens (tertiary/aromatic N) is 2. The summed E-state index contributed by atoms with van der Waals surface area (Å²) in [5, 5.41) is 16.5. The average molecular weight is 302 g/mol. The van der Waals surface area contributed by atoms with Gasteiger partial charge in [0.05, 0.1) is 6.04 Å². The Bertz CT molecular complexity index is 502. The summed E-state index contributed by atoms with van der Waals surface area (Å²) >= 11 is 0. The Balaban J connectivity index is 3.37. The van der Waals surface area contributed by atoms with Gasteiger partial charge in [0.1, 0.15) is 5.76 Å². The van der Waals surface area contributed by atoms with E-state index in [1.165, 1.54) is 11.6 Å². The summed E-state index contributed by atoms with van der Waals surface area (Å²) in [7, 11) is 0. The fraction of sp³-hybridized carbons (Fsp3) is 0.526. The first-order chi connectivity index (χ1) is 10.4. The molecule has 1 aliphatic rings. The number of likely N-dealkylation sites (N-methyl/N-ethyl adjacent to an activating group) is 1. The molecule has 0 bridgehead atoms. The van der Waals surface area contributed by atoms with Crippen LogP contribution in [-0.2, 0) is 0 Å². The third kappa shape index (κ3) is 3.90. The molecular formula is C19H30N2O. The topological polar surface area (TPSA) is 35.8 Å². The Labute approximate surface area is 135 Å². The van der Waals surface area contributed by atoms with Crippen molar-refractivity contribution in [3.63, 3.8) is 0 Å². The zero-order valence-corrected chi connectivity index (χ0v) is 14.5. The predicted octanol–water partition coefficient (Wildman–Crippen LogP) is 4.86. The van der Waals surface area contributed by atoms with Gasteiger partial charge in [0.25, 0.3) is 0 Å². The first-order valence-corrected chi connectivity index (χ1v) is 7.98. The highest BCUT2D eigenvalue weighted by Crippen LogP contribution is 2.40. The van der Waals surface area contributed by atoms with Gasteiger partial charge < -0.3 is 5.11 Å². The molecule has 1 N–H and O–H groups in total. The lowest BCUT2D eigenvalue weighted by Gasteiger charge is -2.37. The van der Waals surface area contributed by atoms with Crippen LogP contribution in [0.25, 0.3) is 0 Å². The van der Waals surface area contributed by atoms with E-state index in [4.69, 9.17) is 0 Å². The van der Waals surface area contributed by atoms with Crippen LogP contribution < -0.4 is 0 Å². The molecule has 3 heteroatoms. The second-order valence-electron chi connectivity index (χ2n) is 6.15. The molecule has 0 spiro atoms. The first-order valence-electron chi connectivity index (χ1n) is 7.98. The third-order valence-electron chi connectivity index (χ3n) is 4.63. The number of hydrogen-bond acceptors (Lipinski definition) is 3. The molecule has 1 rings (SSSR count). The minimum Gasteiger partial charge on any atom is -0.508 e. The highest BCUT2D eigenvalue weighted by molar-refractivity contribution is 5.33. The summed E-state index contributed by atoms with van der Waals surface area (Å²) in [6.45, 7) is 20.6. The molecule has 0 fully saturated rings. The lowest BCUT2D eigenvalue weighted by molar-refractivity contribution is 0.233. The zero-order valence-electron chi connectivity index (χ0n) is 14.5. The lowest BCUT2D eigenvalue weighted by atomic mass is 9.72. The Kier molecular flexibility index (Phi) is 6.66. The highest BCUT2D eigenvalue weighted by Gasteiger charge is 2.33. The average Bonchev–Trinajstić information content (AvgIpc) is 2.48. The number of hydrazone groups is 1. The van der Waals surface area contributed by atoms with Gasteiger partial charge >= 0.3 is 0 Å². The Morgan fingerprint density at radius 1 is 1.59 bits per heavy atom. The molecule has 1 unspecified atom stereocenters. The lowest BCUT2D eigenvalue weighted by Crippen LogP contribution is -2.35. The van der Waals surface area contributed by atoms with Crippen molar-refractivity contribution in [2.24, 2.45) is 16.9 Å². The molecule has 3 atom stereocenters. The summed E-state index contributed by atoms with van der Waals surface area (Å²) in [6.07, 6.45) is 5.94. The number of aliphatic hydroxyl groups excluding tert-OH is 1. The fourth-order valence-corrected chi connectivity index (χ4v) is 3.37. The maximum Gasteiger partial charge on any atom is 0.116 e. The normalized spacial score (nSPS) is 23.9. The Morgan fingerprint density at radius 3 is 2.68 bits per heavy atom. The largest absolute Gasteiger partial charge is 0.508 e. The quantitative estimate of drug-likeness (QED) is 0.240. The van der Waals surface area contributed by atoms with Crippen LogP contribution in [-0.4, -0.2) is 29.4 Å². The second kappa shape index (κ2) is 8.02. The van der Waals surface area contributed by atoms with Crippen molar-refractivity contribution in [2.45, 2.75) is 46.6 Å². The van der Waals surface area contributed by atoms with Crippen molar-refractivity contribution in [3.05, 3.63) is 47.8 Å². The third-order valence-corrected chi connectivity index (χ3v) is 4.63. The number of rotatable bonds is 7. The van der Waals surface area contributed by atoms with Crippen LogP contribution in [0.3, 0.4) is 0 Å². The molecule has 0 aromatic carbocycles. The van der Waals surface area contributed by atoms with Crippen molar-refractivity contribution in [3.8, 4) is 0 Å².